The van der Waals surface area contributed by atoms with Gasteiger partial charge in [-0.25, -0.2) is 0 Å². The summed E-state index contributed by atoms with van der Waals surface area (Å²) in [5.74, 6) is 0.482. The van der Waals surface area contributed by atoms with E-state index in [2.05, 4.69) is 204 Å². The van der Waals surface area contributed by atoms with Crippen molar-refractivity contribution >= 4 is 0 Å². The summed E-state index contributed by atoms with van der Waals surface area (Å²) in [6.07, 6.45) is 9.64. The fourth-order valence-electron chi connectivity index (χ4n) is 6.92. The normalized spacial score (nSPS) is 13.1. The lowest BCUT2D eigenvalue weighted by atomic mass is 9.82. The maximum Gasteiger partial charge on any atom is 0.0451 e. The number of aryl methyl sites for hydroxylation is 5. The summed E-state index contributed by atoms with van der Waals surface area (Å²) >= 11 is 0. The summed E-state index contributed by atoms with van der Waals surface area (Å²) in [5.41, 5.74) is 19.4. The average molecular weight is 702 g/mol. The van der Waals surface area contributed by atoms with Crippen LogP contribution in [0.4, 0.5) is 0 Å². The predicted molar refractivity (Wildman–Crippen MR) is 233 cm³/mol. The van der Waals surface area contributed by atoms with Crippen LogP contribution in [0.3, 0.4) is 0 Å². The zero-order valence-corrected chi connectivity index (χ0v) is 32.6. The van der Waals surface area contributed by atoms with E-state index in [4.69, 9.17) is 0 Å². The van der Waals surface area contributed by atoms with Crippen LogP contribution in [0.1, 0.15) is 52.8 Å². The van der Waals surface area contributed by atoms with Gasteiger partial charge in [0, 0.05) is 23.4 Å². The second-order valence-electron chi connectivity index (χ2n) is 14.3. The fourth-order valence-corrected chi connectivity index (χ4v) is 6.92. The Hall–Kier alpha value is -6.05. The van der Waals surface area contributed by atoms with Gasteiger partial charge in [0.05, 0.1) is 0 Å². The third-order valence-corrected chi connectivity index (χ3v) is 10.3. The van der Waals surface area contributed by atoms with E-state index in [1.807, 2.05) is 24.4 Å². The number of rotatable bonds is 5. The number of aromatic nitrogens is 1. The average Bonchev–Trinajstić information content (AvgIpc) is 3.21. The first kappa shape index (κ1) is 37.7. The summed E-state index contributed by atoms with van der Waals surface area (Å²) < 4.78 is 0. The van der Waals surface area contributed by atoms with Crippen molar-refractivity contribution in [1.29, 1.82) is 0 Å². The number of benzene rings is 6. The third-order valence-electron chi connectivity index (χ3n) is 10.3. The van der Waals surface area contributed by atoms with Gasteiger partial charge in [-0.15, -0.1) is 0 Å². The molecule has 0 aliphatic heterocycles. The van der Waals surface area contributed by atoms with Gasteiger partial charge in [0.2, 0.25) is 0 Å². The molecule has 8 rings (SSSR count). The van der Waals surface area contributed by atoms with E-state index in [1.165, 1.54) is 77.9 Å². The number of nitrogens with zero attached hydrogens (tertiary/aromatic N) is 1. The molecule has 0 spiro atoms. The Morgan fingerprint density at radius 3 is 1.48 bits per heavy atom. The van der Waals surface area contributed by atoms with Crippen LogP contribution >= 0.6 is 0 Å². The van der Waals surface area contributed by atoms with Crippen LogP contribution in [-0.4, -0.2) is 4.98 Å². The molecule has 0 saturated heterocycles. The molecule has 1 nitrogen and oxygen atoms in total. The minimum Gasteiger partial charge on any atom is -0.261 e. The molecule has 268 valence electrons. The first-order valence-electron chi connectivity index (χ1n) is 19.0. The lowest BCUT2D eigenvalue weighted by molar-refractivity contribution is 0.791. The summed E-state index contributed by atoms with van der Waals surface area (Å²) in [6.45, 7) is 12.9. The Morgan fingerprint density at radius 1 is 0.444 bits per heavy atom. The van der Waals surface area contributed by atoms with E-state index < -0.39 is 0 Å². The molecular weight excluding hydrogens is 651 g/mol. The lowest BCUT2D eigenvalue weighted by Crippen LogP contribution is -2.04. The van der Waals surface area contributed by atoms with Crippen molar-refractivity contribution < 1.29 is 0 Å². The molecule has 0 amide bonds. The van der Waals surface area contributed by atoms with Gasteiger partial charge in [0.1, 0.15) is 0 Å². The van der Waals surface area contributed by atoms with Gasteiger partial charge in [0.25, 0.3) is 0 Å². The Balaban J connectivity index is 0.000000158. The summed E-state index contributed by atoms with van der Waals surface area (Å²) in [4.78, 5) is 4.48. The van der Waals surface area contributed by atoms with Crippen molar-refractivity contribution in [3.8, 4) is 44.5 Å². The van der Waals surface area contributed by atoms with E-state index in [9.17, 15) is 0 Å². The maximum atomic E-state index is 4.48. The van der Waals surface area contributed by atoms with Crippen LogP contribution in [0.5, 0.6) is 0 Å². The zero-order valence-electron chi connectivity index (χ0n) is 32.6. The van der Waals surface area contributed by atoms with E-state index in [0.717, 1.165) is 12.1 Å². The second kappa shape index (κ2) is 18.1. The van der Waals surface area contributed by atoms with Crippen LogP contribution in [0.15, 0.2) is 188 Å². The van der Waals surface area contributed by atoms with Crippen molar-refractivity contribution in [2.24, 2.45) is 0 Å². The highest BCUT2D eigenvalue weighted by Crippen LogP contribution is 2.37. The third kappa shape index (κ3) is 9.68. The molecule has 0 fully saturated rings. The summed E-state index contributed by atoms with van der Waals surface area (Å²) in [7, 11) is 0. The van der Waals surface area contributed by atoms with Gasteiger partial charge in [-0.05, 0) is 116 Å². The van der Waals surface area contributed by atoms with Crippen molar-refractivity contribution in [2.45, 2.75) is 53.9 Å². The summed E-state index contributed by atoms with van der Waals surface area (Å²) in [6, 6.07) is 55.9. The number of hydrogen-bond acceptors (Lipinski definition) is 1. The quantitative estimate of drug-likeness (QED) is 0.174. The molecule has 1 aromatic heterocycles. The standard InChI is InChI=1S/C27H27N.2C13H12/c1-18-8-5-6-9-24(18)26-16-22(13-11-19(26)2)23-14-12-20(3)27(17-23)25-10-7-15-28-21(25)4;2*1-11-7-9-13(10-8-11)12-5-3-2-4-6-12/h5-8,10-17,24H,9H2,1-4H3;2*2-10H,1H3. The molecule has 1 aliphatic rings. The van der Waals surface area contributed by atoms with Gasteiger partial charge in [-0.2, -0.15) is 0 Å². The van der Waals surface area contributed by atoms with Gasteiger partial charge >= 0.3 is 0 Å². The highest BCUT2D eigenvalue weighted by Gasteiger charge is 2.17. The minimum atomic E-state index is 0.482. The van der Waals surface area contributed by atoms with Crippen molar-refractivity contribution in [1.82, 2.24) is 4.98 Å². The molecule has 6 aromatic carbocycles. The molecule has 1 heterocycles. The maximum absolute atomic E-state index is 4.48. The zero-order chi connectivity index (χ0) is 37.9. The predicted octanol–water partition coefficient (Wildman–Crippen LogP) is 14.7. The number of hydrogen-bond donors (Lipinski definition) is 0. The van der Waals surface area contributed by atoms with E-state index >= 15 is 0 Å². The molecule has 0 saturated carbocycles. The van der Waals surface area contributed by atoms with Gasteiger partial charge < -0.3 is 0 Å². The second-order valence-corrected chi connectivity index (χ2v) is 14.3. The smallest absolute Gasteiger partial charge is 0.0451 e. The molecular formula is C53H51N. The first-order valence-corrected chi connectivity index (χ1v) is 19.0. The molecule has 0 bridgehead atoms. The van der Waals surface area contributed by atoms with E-state index in [-0.39, 0.29) is 0 Å². The molecule has 7 aromatic rings. The Bertz CT molecular complexity index is 2250. The Morgan fingerprint density at radius 2 is 0.944 bits per heavy atom. The van der Waals surface area contributed by atoms with Crippen molar-refractivity contribution in [3.63, 3.8) is 0 Å². The lowest BCUT2D eigenvalue weighted by Gasteiger charge is -2.22. The van der Waals surface area contributed by atoms with Crippen LogP contribution in [0, 0.1) is 34.6 Å². The monoisotopic (exact) mass is 701 g/mol. The highest BCUT2D eigenvalue weighted by atomic mass is 14.7. The largest absolute Gasteiger partial charge is 0.261 e. The van der Waals surface area contributed by atoms with Crippen LogP contribution < -0.4 is 0 Å². The van der Waals surface area contributed by atoms with E-state index in [0.29, 0.717) is 5.92 Å². The molecule has 0 radical (unpaired) electrons. The number of pyridine rings is 1. The molecule has 1 aliphatic carbocycles. The fraction of sp³-hybridized carbons (Fsp3) is 0.151. The number of allylic oxidation sites excluding steroid dienone is 4. The van der Waals surface area contributed by atoms with Gasteiger partial charge in [-0.1, -0.05) is 181 Å². The van der Waals surface area contributed by atoms with Crippen LogP contribution in [0.2, 0.25) is 0 Å². The van der Waals surface area contributed by atoms with Gasteiger partial charge in [0.15, 0.2) is 0 Å². The SMILES string of the molecule is CC1=CC=CCC1c1cc(-c2ccc(C)c(-c3cccnc3C)c2)ccc1C.Cc1ccc(-c2ccccc2)cc1.Cc1ccc(-c2ccccc2)cc1. The Labute approximate surface area is 323 Å². The molecule has 1 atom stereocenters. The van der Waals surface area contributed by atoms with Gasteiger partial charge in [-0.3, -0.25) is 4.98 Å². The van der Waals surface area contributed by atoms with Crippen LogP contribution in [0.25, 0.3) is 44.5 Å². The molecule has 1 unspecified atom stereocenters. The Kier molecular flexibility index (Phi) is 12.7. The first-order chi connectivity index (χ1) is 26.3. The molecule has 1 heteroatoms. The summed E-state index contributed by atoms with van der Waals surface area (Å²) in [5, 5.41) is 0. The minimum absolute atomic E-state index is 0.482. The van der Waals surface area contributed by atoms with Crippen LogP contribution in [-0.2, 0) is 0 Å². The molecule has 0 N–H and O–H groups in total. The van der Waals surface area contributed by atoms with Crippen molar-refractivity contribution in [3.05, 3.63) is 221 Å². The topological polar surface area (TPSA) is 12.9 Å². The van der Waals surface area contributed by atoms with E-state index in [1.54, 1.807) is 0 Å². The van der Waals surface area contributed by atoms with Crippen molar-refractivity contribution in [2.75, 3.05) is 0 Å². The highest BCUT2D eigenvalue weighted by molar-refractivity contribution is 5.77. The molecule has 54 heavy (non-hydrogen) atoms.